The van der Waals surface area contributed by atoms with E-state index in [1.54, 1.807) is 41.3 Å². The molecule has 0 saturated carbocycles. The van der Waals surface area contributed by atoms with Crippen LogP contribution in [0.1, 0.15) is 43.4 Å². The number of likely N-dealkylation sites (tertiary alicyclic amines) is 1. The first-order valence-electron chi connectivity index (χ1n) is 13.2. The summed E-state index contributed by atoms with van der Waals surface area (Å²) in [6.45, 7) is 3.40. The molecule has 3 amide bonds. The molecule has 2 aromatic carbocycles. The molecular weight excluding hydrogens is 557 g/mol. The van der Waals surface area contributed by atoms with E-state index in [1.807, 2.05) is 19.1 Å². The van der Waals surface area contributed by atoms with Gasteiger partial charge in [0.15, 0.2) is 0 Å². The summed E-state index contributed by atoms with van der Waals surface area (Å²) in [6.07, 6.45) is -4.64. The van der Waals surface area contributed by atoms with E-state index in [9.17, 15) is 22.8 Å². The number of nitrogens with one attached hydrogen (secondary N) is 2. The normalized spacial score (nSPS) is 16.0. The summed E-state index contributed by atoms with van der Waals surface area (Å²) in [6, 6.07) is 13.1. The molecule has 1 aliphatic rings. The molecular formula is C29H34ClF3N6O2. The van der Waals surface area contributed by atoms with Gasteiger partial charge >= 0.3 is 12.2 Å². The van der Waals surface area contributed by atoms with Crippen molar-refractivity contribution in [1.29, 1.82) is 5.41 Å². The summed E-state index contributed by atoms with van der Waals surface area (Å²) in [5, 5.41) is 11.6. The van der Waals surface area contributed by atoms with Gasteiger partial charge in [0.1, 0.15) is 5.84 Å². The van der Waals surface area contributed by atoms with Gasteiger partial charge in [-0.05, 0) is 35.6 Å². The van der Waals surface area contributed by atoms with Gasteiger partial charge < -0.3 is 16.0 Å². The van der Waals surface area contributed by atoms with Gasteiger partial charge in [-0.2, -0.15) is 13.2 Å². The van der Waals surface area contributed by atoms with Crippen LogP contribution in [0.4, 0.5) is 18.0 Å². The maximum atomic E-state index is 13.1. The predicted molar refractivity (Wildman–Crippen MR) is 154 cm³/mol. The Morgan fingerprint density at radius 2 is 1.85 bits per heavy atom. The number of aryl methyl sites for hydroxylation is 1. The fourth-order valence-electron chi connectivity index (χ4n) is 4.29. The number of nitrogens with zero attached hydrogens (tertiary/aromatic N) is 3. The number of benzene rings is 2. The number of carbonyl (C=O) groups is 2. The van der Waals surface area contributed by atoms with E-state index in [2.05, 4.69) is 10.3 Å². The zero-order valence-corrected chi connectivity index (χ0v) is 23.8. The van der Waals surface area contributed by atoms with Gasteiger partial charge in [0.25, 0.3) is 0 Å². The minimum Gasteiger partial charge on any atom is -0.400 e. The molecule has 1 aliphatic heterocycles. The summed E-state index contributed by atoms with van der Waals surface area (Å²) in [5.41, 5.74) is 9.97. The fourth-order valence-corrected chi connectivity index (χ4v) is 4.49. The third-order valence-corrected chi connectivity index (χ3v) is 7.12. The standard InChI is InChI=1S/C29H34ClF3N6O2/c1-3-20-8-10-21(11-9-20)27(35)39(15-13-29(31,32)33)28(41)37-17-25(34)23-12-14-38(19(2)40)18-26(23)36-16-22-6-4-5-7-24(22)30/h4-11,35H,3,12-18,34H2,1-2H3,(H,37,41)/b25-23-,35-27?,36-26?. The molecule has 1 saturated heterocycles. The number of rotatable bonds is 8. The zero-order valence-electron chi connectivity index (χ0n) is 23.0. The van der Waals surface area contributed by atoms with Crippen molar-refractivity contribution < 1.29 is 22.8 Å². The molecule has 0 radical (unpaired) electrons. The van der Waals surface area contributed by atoms with E-state index in [1.165, 1.54) is 6.92 Å². The molecule has 0 aliphatic carbocycles. The Morgan fingerprint density at radius 3 is 2.46 bits per heavy atom. The lowest BCUT2D eigenvalue weighted by Gasteiger charge is -2.30. The molecule has 3 rings (SSSR count). The number of amides is 3. The molecule has 220 valence electrons. The SMILES string of the molecule is CCc1ccc(C(=N)N(CCC(F)(F)F)C(=O)NC/C(N)=C2\CCN(C(C)=O)CC2=NCc2ccccc2Cl)cc1. The lowest BCUT2D eigenvalue weighted by Crippen LogP contribution is -2.47. The second kappa shape index (κ2) is 14.2. The average molecular weight is 591 g/mol. The summed E-state index contributed by atoms with van der Waals surface area (Å²) < 4.78 is 39.1. The Labute approximate surface area is 242 Å². The number of amidine groups is 1. The first-order chi connectivity index (χ1) is 19.4. The van der Waals surface area contributed by atoms with Gasteiger partial charge in [-0.1, -0.05) is 61.0 Å². The quantitative estimate of drug-likeness (QED) is 0.286. The van der Waals surface area contributed by atoms with Crippen LogP contribution >= 0.6 is 11.6 Å². The van der Waals surface area contributed by atoms with Crippen LogP contribution in [-0.4, -0.2) is 65.6 Å². The summed E-state index contributed by atoms with van der Waals surface area (Å²) in [5.74, 6) is -0.468. The van der Waals surface area contributed by atoms with Gasteiger partial charge in [0.05, 0.1) is 31.8 Å². The molecule has 0 spiro atoms. The molecule has 4 N–H and O–H groups in total. The summed E-state index contributed by atoms with van der Waals surface area (Å²) in [4.78, 5) is 32.2. The number of halogens is 4. The maximum Gasteiger partial charge on any atom is 0.390 e. The average Bonchev–Trinajstić information content (AvgIpc) is 2.94. The molecule has 1 fully saturated rings. The van der Waals surface area contributed by atoms with Crippen molar-refractivity contribution in [2.45, 2.75) is 45.8 Å². The molecule has 8 nitrogen and oxygen atoms in total. The monoisotopic (exact) mass is 590 g/mol. The Hall–Kier alpha value is -3.86. The number of alkyl halides is 3. The van der Waals surface area contributed by atoms with Gasteiger partial charge in [-0.3, -0.25) is 20.1 Å². The van der Waals surface area contributed by atoms with E-state index in [0.29, 0.717) is 34.8 Å². The second-order valence-electron chi connectivity index (χ2n) is 9.62. The zero-order chi connectivity index (χ0) is 30.2. The third kappa shape index (κ3) is 9.07. The van der Waals surface area contributed by atoms with Crippen molar-refractivity contribution in [1.82, 2.24) is 15.1 Å². The summed E-state index contributed by atoms with van der Waals surface area (Å²) in [7, 11) is 0. The Balaban J connectivity index is 1.81. The largest absolute Gasteiger partial charge is 0.400 e. The summed E-state index contributed by atoms with van der Waals surface area (Å²) >= 11 is 6.26. The van der Waals surface area contributed by atoms with Gasteiger partial charge in [0.2, 0.25) is 5.91 Å². The fraction of sp³-hybridized carbons (Fsp3) is 0.379. The van der Waals surface area contributed by atoms with Crippen molar-refractivity contribution in [3.05, 3.63) is 81.5 Å². The number of carbonyl (C=O) groups excluding carboxylic acids is 2. The molecule has 41 heavy (non-hydrogen) atoms. The molecule has 0 bridgehead atoms. The van der Waals surface area contributed by atoms with Crippen LogP contribution in [-0.2, 0) is 17.8 Å². The van der Waals surface area contributed by atoms with Gasteiger partial charge in [-0.25, -0.2) is 4.79 Å². The first kappa shape index (κ1) is 31.7. The van der Waals surface area contributed by atoms with E-state index < -0.39 is 25.2 Å². The van der Waals surface area contributed by atoms with Crippen LogP contribution < -0.4 is 11.1 Å². The van der Waals surface area contributed by atoms with Crippen LogP contribution in [0, 0.1) is 5.41 Å². The van der Waals surface area contributed by atoms with E-state index in [0.717, 1.165) is 22.4 Å². The Morgan fingerprint density at radius 1 is 1.17 bits per heavy atom. The van der Waals surface area contributed by atoms with E-state index >= 15 is 0 Å². The number of hydrogen-bond acceptors (Lipinski definition) is 5. The molecule has 12 heteroatoms. The topological polar surface area (TPSA) is 115 Å². The van der Waals surface area contributed by atoms with Crippen LogP contribution in [0.5, 0.6) is 0 Å². The molecule has 0 unspecified atom stereocenters. The van der Waals surface area contributed by atoms with Crippen LogP contribution in [0.2, 0.25) is 5.02 Å². The smallest absolute Gasteiger partial charge is 0.390 e. The predicted octanol–water partition coefficient (Wildman–Crippen LogP) is 5.30. The number of hydrogen-bond donors (Lipinski definition) is 3. The number of urea groups is 1. The highest BCUT2D eigenvalue weighted by atomic mass is 35.5. The van der Waals surface area contributed by atoms with Crippen molar-refractivity contribution in [3.8, 4) is 0 Å². The minimum atomic E-state index is -4.51. The van der Waals surface area contributed by atoms with Crippen molar-refractivity contribution in [2.75, 3.05) is 26.2 Å². The molecule has 0 atom stereocenters. The number of aliphatic imine (C=N–C) groups is 1. The van der Waals surface area contributed by atoms with Crippen molar-refractivity contribution in [3.63, 3.8) is 0 Å². The lowest BCUT2D eigenvalue weighted by atomic mass is 9.99. The van der Waals surface area contributed by atoms with E-state index in [-0.39, 0.29) is 37.1 Å². The third-order valence-electron chi connectivity index (χ3n) is 6.75. The van der Waals surface area contributed by atoms with Gasteiger partial charge in [-0.15, -0.1) is 0 Å². The number of piperidine rings is 1. The molecule has 0 aromatic heterocycles. The molecule has 2 aromatic rings. The lowest BCUT2D eigenvalue weighted by molar-refractivity contribution is -0.135. The highest BCUT2D eigenvalue weighted by Gasteiger charge is 2.31. The first-order valence-corrected chi connectivity index (χ1v) is 13.6. The minimum absolute atomic E-state index is 0.118. The van der Waals surface area contributed by atoms with Crippen molar-refractivity contribution in [2.24, 2.45) is 10.7 Å². The van der Waals surface area contributed by atoms with Crippen LogP contribution in [0.3, 0.4) is 0 Å². The molecule has 1 heterocycles. The van der Waals surface area contributed by atoms with E-state index in [4.69, 9.17) is 22.7 Å². The highest BCUT2D eigenvalue weighted by molar-refractivity contribution is 6.31. The maximum absolute atomic E-state index is 13.1. The van der Waals surface area contributed by atoms with Crippen LogP contribution in [0.25, 0.3) is 0 Å². The highest BCUT2D eigenvalue weighted by Crippen LogP contribution is 2.22. The van der Waals surface area contributed by atoms with Crippen LogP contribution in [0.15, 0.2) is 64.8 Å². The Kier molecular flexibility index (Phi) is 10.9. The Bertz CT molecular complexity index is 1320. The van der Waals surface area contributed by atoms with Gasteiger partial charge in [0, 0.05) is 36.3 Å². The van der Waals surface area contributed by atoms with Crippen molar-refractivity contribution >= 4 is 35.1 Å². The second-order valence-corrected chi connectivity index (χ2v) is 10.0. The number of nitrogens with two attached hydrogens (primary N) is 1.